The second kappa shape index (κ2) is 7.05. The molecular formula is C15H20N2O3. The van der Waals surface area contributed by atoms with Gasteiger partial charge in [-0.2, -0.15) is 0 Å². The number of rotatable bonds is 5. The normalized spacial score (nSPS) is 17.8. The number of anilines is 1. The molecule has 1 heterocycles. The number of hydrogen-bond donors (Lipinski definition) is 1. The zero-order valence-corrected chi connectivity index (χ0v) is 11.7. The Hall–Kier alpha value is -1.88. The van der Waals surface area contributed by atoms with E-state index in [1.54, 1.807) is 0 Å². The first-order valence-electron chi connectivity index (χ1n) is 6.88. The summed E-state index contributed by atoms with van der Waals surface area (Å²) in [7, 11) is 0. The number of carbonyl (C=O) groups is 2. The molecule has 0 radical (unpaired) electrons. The van der Waals surface area contributed by atoms with Gasteiger partial charge in [0, 0.05) is 25.8 Å². The van der Waals surface area contributed by atoms with Crippen molar-refractivity contribution < 1.29 is 14.3 Å². The zero-order chi connectivity index (χ0) is 14.4. The molecule has 1 aromatic rings. The first-order chi connectivity index (χ1) is 9.66. The molecule has 2 amide bonds. The van der Waals surface area contributed by atoms with E-state index >= 15 is 0 Å². The Kier molecular flexibility index (Phi) is 5.12. The third-order valence-electron chi connectivity index (χ3n) is 3.30. The van der Waals surface area contributed by atoms with Crippen LogP contribution in [0.3, 0.4) is 0 Å². The molecule has 1 aliphatic heterocycles. The van der Waals surface area contributed by atoms with E-state index in [9.17, 15) is 9.59 Å². The summed E-state index contributed by atoms with van der Waals surface area (Å²) in [5.41, 5.74) is 0.729. The number of hydrogen-bond acceptors (Lipinski definition) is 3. The molecule has 5 nitrogen and oxygen atoms in total. The maximum Gasteiger partial charge on any atom is 0.240 e. The van der Waals surface area contributed by atoms with E-state index in [2.05, 4.69) is 5.32 Å². The monoisotopic (exact) mass is 276 g/mol. The minimum absolute atomic E-state index is 0.0338. The number of benzene rings is 1. The van der Waals surface area contributed by atoms with E-state index in [1.165, 1.54) is 11.8 Å². The van der Waals surface area contributed by atoms with Gasteiger partial charge in [0.15, 0.2) is 0 Å². The molecule has 1 atom stereocenters. The molecule has 1 saturated heterocycles. The molecule has 2 rings (SSSR count). The predicted octanol–water partition coefficient (Wildman–Crippen LogP) is 1.33. The zero-order valence-electron chi connectivity index (χ0n) is 11.7. The highest BCUT2D eigenvalue weighted by molar-refractivity contribution is 5.97. The molecule has 0 bridgehead atoms. The number of carbonyl (C=O) groups excluding carboxylic acids is 2. The first-order valence-corrected chi connectivity index (χ1v) is 6.88. The quantitative estimate of drug-likeness (QED) is 0.882. The molecule has 1 unspecified atom stereocenters. The van der Waals surface area contributed by atoms with Crippen LogP contribution >= 0.6 is 0 Å². The predicted molar refractivity (Wildman–Crippen MR) is 76.5 cm³/mol. The van der Waals surface area contributed by atoms with Crippen molar-refractivity contribution in [3.63, 3.8) is 0 Å². The van der Waals surface area contributed by atoms with E-state index in [1.807, 2.05) is 30.3 Å². The maximum atomic E-state index is 11.9. The molecule has 0 saturated carbocycles. The van der Waals surface area contributed by atoms with Gasteiger partial charge in [0.05, 0.1) is 6.10 Å². The average molecular weight is 276 g/mol. The Morgan fingerprint density at radius 3 is 2.70 bits per heavy atom. The highest BCUT2D eigenvalue weighted by Gasteiger charge is 2.18. The van der Waals surface area contributed by atoms with Crippen LogP contribution in [-0.2, 0) is 14.3 Å². The van der Waals surface area contributed by atoms with Crippen LogP contribution in [0.5, 0.6) is 0 Å². The molecule has 20 heavy (non-hydrogen) atoms. The largest absolute Gasteiger partial charge is 0.376 e. The maximum absolute atomic E-state index is 11.9. The number of para-hydroxylation sites is 1. The minimum atomic E-state index is -0.167. The molecule has 0 spiro atoms. The molecule has 108 valence electrons. The van der Waals surface area contributed by atoms with Crippen molar-refractivity contribution in [1.82, 2.24) is 5.32 Å². The van der Waals surface area contributed by atoms with Crippen LogP contribution < -0.4 is 10.2 Å². The highest BCUT2D eigenvalue weighted by Crippen LogP contribution is 2.13. The third kappa shape index (κ3) is 4.06. The lowest BCUT2D eigenvalue weighted by Gasteiger charge is -2.21. The Balaban J connectivity index is 1.87. The standard InChI is InChI=1S/C15H20N2O3/c1-12(18)17(13-6-3-2-4-7-13)11-15(19)16-10-14-8-5-9-20-14/h2-4,6-7,14H,5,8-11H2,1H3,(H,16,19). The first kappa shape index (κ1) is 14.5. The summed E-state index contributed by atoms with van der Waals surface area (Å²) in [6, 6.07) is 9.19. The van der Waals surface area contributed by atoms with Crippen LogP contribution in [0.15, 0.2) is 30.3 Å². The van der Waals surface area contributed by atoms with Gasteiger partial charge in [-0.3, -0.25) is 9.59 Å². The summed E-state index contributed by atoms with van der Waals surface area (Å²) >= 11 is 0. The lowest BCUT2D eigenvalue weighted by molar-refractivity contribution is -0.123. The summed E-state index contributed by atoms with van der Waals surface area (Å²) < 4.78 is 5.45. The lowest BCUT2D eigenvalue weighted by Crippen LogP contribution is -2.42. The molecule has 1 aromatic carbocycles. The molecule has 1 aliphatic rings. The van der Waals surface area contributed by atoms with E-state index < -0.39 is 0 Å². The van der Waals surface area contributed by atoms with Crippen LogP contribution in [0.25, 0.3) is 0 Å². The second-order valence-electron chi connectivity index (χ2n) is 4.88. The molecule has 0 aromatic heterocycles. The Morgan fingerprint density at radius 2 is 2.10 bits per heavy atom. The number of nitrogens with one attached hydrogen (secondary N) is 1. The summed E-state index contributed by atoms with van der Waals surface area (Å²) in [5, 5.41) is 2.82. The van der Waals surface area contributed by atoms with E-state index in [0.717, 1.165) is 25.1 Å². The van der Waals surface area contributed by atoms with Crippen LogP contribution in [0.4, 0.5) is 5.69 Å². The number of ether oxygens (including phenoxy) is 1. The van der Waals surface area contributed by atoms with Gasteiger partial charge in [-0.1, -0.05) is 18.2 Å². The van der Waals surface area contributed by atoms with Crippen molar-refractivity contribution in [2.75, 3.05) is 24.6 Å². The average Bonchev–Trinajstić information content (AvgIpc) is 2.96. The SMILES string of the molecule is CC(=O)N(CC(=O)NCC1CCCO1)c1ccccc1. The van der Waals surface area contributed by atoms with Crippen LogP contribution in [0.1, 0.15) is 19.8 Å². The fraction of sp³-hybridized carbons (Fsp3) is 0.467. The van der Waals surface area contributed by atoms with Crippen LogP contribution in [0.2, 0.25) is 0 Å². The molecule has 1 fully saturated rings. The smallest absolute Gasteiger partial charge is 0.240 e. The van der Waals surface area contributed by atoms with Gasteiger partial charge in [-0.25, -0.2) is 0 Å². The topological polar surface area (TPSA) is 58.6 Å². The van der Waals surface area contributed by atoms with Crippen LogP contribution in [-0.4, -0.2) is 37.6 Å². The van der Waals surface area contributed by atoms with E-state index in [-0.39, 0.29) is 24.5 Å². The molecule has 0 aliphatic carbocycles. The van der Waals surface area contributed by atoms with Crippen molar-refractivity contribution in [3.8, 4) is 0 Å². The molecule has 1 N–H and O–H groups in total. The van der Waals surface area contributed by atoms with E-state index in [0.29, 0.717) is 6.54 Å². The van der Waals surface area contributed by atoms with Gasteiger partial charge in [0.25, 0.3) is 0 Å². The Labute approximate surface area is 118 Å². The summed E-state index contributed by atoms with van der Waals surface area (Å²) in [6.07, 6.45) is 2.14. The van der Waals surface area contributed by atoms with Gasteiger partial charge < -0.3 is 15.0 Å². The van der Waals surface area contributed by atoms with Crippen molar-refractivity contribution >= 4 is 17.5 Å². The summed E-state index contributed by atoms with van der Waals surface area (Å²) in [4.78, 5) is 25.1. The summed E-state index contributed by atoms with van der Waals surface area (Å²) in [5.74, 6) is -0.317. The van der Waals surface area contributed by atoms with Gasteiger partial charge in [0.2, 0.25) is 11.8 Å². The molecular weight excluding hydrogens is 256 g/mol. The summed E-state index contributed by atoms with van der Waals surface area (Å²) in [6.45, 7) is 2.77. The van der Waals surface area contributed by atoms with Crippen molar-refractivity contribution in [3.05, 3.63) is 30.3 Å². The van der Waals surface area contributed by atoms with Gasteiger partial charge in [0.1, 0.15) is 6.54 Å². The molecule has 5 heteroatoms. The van der Waals surface area contributed by atoms with Crippen molar-refractivity contribution in [1.29, 1.82) is 0 Å². The van der Waals surface area contributed by atoms with Gasteiger partial charge in [-0.05, 0) is 25.0 Å². The minimum Gasteiger partial charge on any atom is -0.376 e. The highest BCUT2D eigenvalue weighted by atomic mass is 16.5. The Morgan fingerprint density at radius 1 is 1.35 bits per heavy atom. The van der Waals surface area contributed by atoms with Gasteiger partial charge in [-0.15, -0.1) is 0 Å². The fourth-order valence-electron chi connectivity index (χ4n) is 2.22. The third-order valence-corrected chi connectivity index (χ3v) is 3.30. The van der Waals surface area contributed by atoms with Crippen molar-refractivity contribution in [2.45, 2.75) is 25.9 Å². The van der Waals surface area contributed by atoms with Crippen LogP contribution in [0, 0.1) is 0 Å². The second-order valence-corrected chi connectivity index (χ2v) is 4.88. The lowest BCUT2D eigenvalue weighted by atomic mass is 10.2. The Bertz CT molecular complexity index is 455. The number of amides is 2. The van der Waals surface area contributed by atoms with E-state index in [4.69, 9.17) is 4.74 Å². The number of nitrogens with zero attached hydrogens (tertiary/aromatic N) is 1. The van der Waals surface area contributed by atoms with Gasteiger partial charge >= 0.3 is 0 Å². The fourth-order valence-corrected chi connectivity index (χ4v) is 2.22. The van der Waals surface area contributed by atoms with Crippen molar-refractivity contribution in [2.24, 2.45) is 0 Å².